The summed E-state index contributed by atoms with van der Waals surface area (Å²) in [5.74, 6) is 0.453. The summed E-state index contributed by atoms with van der Waals surface area (Å²) in [6, 6.07) is 10.4. The standard InChI is InChI=1S/C20H18ClF2N5O/c21-15-6-5-14(9-16(15)23)25-20-19(12-1-3-13(22)4-2-12)26-18-10-27(17(24)11-29)7-8-28(18)20/h1-6,9,11,17,25H,7-8,10,24H2. The Morgan fingerprint density at radius 2 is 1.93 bits per heavy atom. The molecule has 0 radical (unpaired) electrons. The molecule has 0 spiro atoms. The van der Waals surface area contributed by atoms with Crippen LogP contribution in [0.4, 0.5) is 20.3 Å². The molecule has 0 amide bonds. The average Bonchev–Trinajstić information content (AvgIpc) is 3.08. The van der Waals surface area contributed by atoms with Gasteiger partial charge in [0.1, 0.15) is 35.1 Å². The highest BCUT2D eigenvalue weighted by atomic mass is 35.5. The van der Waals surface area contributed by atoms with Crippen LogP contribution in [0.25, 0.3) is 11.3 Å². The predicted octanol–water partition coefficient (Wildman–Crippen LogP) is 3.52. The molecule has 150 valence electrons. The number of aromatic nitrogens is 2. The zero-order valence-electron chi connectivity index (χ0n) is 15.3. The molecule has 0 aliphatic carbocycles. The number of fused-ring (bicyclic) bond motifs is 1. The Morgan fingerprint density at radius 1 is 1.17 bits per heavy atom. The van der Waals surface area contributed by atoms with Crippen LogP contribution in [0.15, 0.2) is 42.5 Å². The molecule has 29 heavy (non-hydrogen) atoms. The minimum absolute atomic E-state index is 0.0307. The lowest BCUT2D eigenvalue weighted by Gasteiger charge is -2.30. The Bertz CT molecular complexity index is 1050. The second-order valence-corrected chi connectivity index (χ2v) is 7.14. The lowest BCUT2D eigenvalue weighted by molar-refractivity contribution is -0.112. The first-order valence-corrected chi connectivity index (χ1v) is 9.36. The fraction of sp³-hybridized carbons (Fsp3) is 0.200. The normalized spacial score (nSPS) is 15.0. The maximum Gasteiger partial charge on any atom is 0.151 e. The number of halogens is 3. The van der Waals surface area contributed by atoms with Gasteiger partial charge in [0.15, 0.2) is 6.29 Å². The molecular weight excluding hydrogens is 400 g/mol. The number of nitrogens with two attached hydrogens (primary N) is 1. The smallest absolute Gasteiger partial charge is 0.151 e. The molecule has 0 fully saturated rings. The third-order valence-electron chi connectivity index (χ3n) is 4.86. The predicted molar refractivity (Wildman–Crippen MR) is 107 cm³/mol. The average molecular weight is 418 g/mol. The van der Waals surface area contributed by atoms with Crippen molar-refractivity contribution >= 4 is 29.4 Å². The van der Waals surface area contributed by atoms with E-state index in [0.717, 1.165) is 0 Å². The Labute approximate surface area is 170 Å². The molecule has 3 aromatic rings. The first-order chi connectivity index (χ1) is 14.0. The molecule has 1 aliphatic heterocycles. The van der Waals surface area contributed by atoms with E-state index in [1.54, 1.807) is 18.2 Å². The number of nitrogens with zero attached hydrogens (tertiary/aromatic N) is 3. The number of imidazole rings is 1. The topological polar surface area (TPSA) is 76.2 Å². The molecule has 1 aromatic heterocycles. The van der Waals surface area contributed by atoms with Crippen LogP contribution in [0.3, 0.4) is 0 Å². The van der Waals surface area contributed by atoms with Gasteiger partial charge < -0.3 is 20.4 Å². The highest BCUT2D eigenvalue weighted by Crippen LogP contribution is 2.34. The van der Waals surface area contributed by atoms with Crippen molar-refractivity contribution in [2.24, 2.45) is 5.73 Å². The summed E-state index contributed by atoms with van der Waals surface area (Å²) in [7, 11) is 0. The molecule has 2 aromatic carbocycles. The molecule has 0 saturated heterocycles. The number of nitrogens with one attached hydrogen (secondary N) is 1. The number of carbonyl (C=O) groups is 1. The number of hydrogen-bond donors (Lipinski definition) is 2. The fourth-order valence-corrected chi connectivity index (χ4v) is 3.45. The molecule has 6 nitrogen and oxygen atoms in total. The summed E-state index contributed by atoms with van der Waals surface area (Å²) in [6.07, 6.45) is -0.0220. The number of hydrogen-bond acceptors (Lipinski definition) is 5. The third kappa shape index (κ3) is 3.87. The van der Waals surface area contributed by atoms with Crippen molar-refractivity contribution in [2.75, 3.05) is 11.9 Å². The monoisotopic (exact) mass is 417 g/mol. The van der Waals surface area contributed by atoms with Gasteiger partial charge in [-0.15, -0.1) is 0 Å². The van der Waals surface area contributed by atoms with Gasteiger partial charge in [-0.05, 0) is 42.5 Å². The van der Waals surface area contributed by atoms with Crippen LogP contribution >= 0.6 is 11.6 Å². The molecule has 0 saturated carbocycles. The fourth-order valence-electron chi connectivity index (χ4n) is 3.34. The van der Waals surface area contributed by atoms with E-state index in [-0.39, 0.29) is 10.8 Å². The van der Waals surface area contributed by atoms with E-state index in [1.807, 2.05) is 9.47 Å². The van der Waals surface area contributed by atoms with E-state index >= 15 is 0 Å². The van der Waals surface area contributed by atoms with Crippen LogP contribution in [0.5, 0.6) is 0 Å². The summed E-state index contributed by atoms with van der Waals surface area (Å²) in [5.41, 5.74) is 7.65. The van der Waals surface area contributed by atoms with E-state index in [9.17, 15) is 13.6 Å². The number of aldehydes is 1. The zero-order valence-corrected chi connectivity index (χ0v) is 16.0. The van der Waals surface area contributed by atoms with Gasteiger partial charge in [-0.1, -0.05) is 11.6 Å². The van der Waals surface area contributed by atoms with Gasteiger partial charge in [0, 0.05) is 24.3 Å². The maximum absolute atomic E-state index is 13.9. The SMILES string of the molecule is NC(C=O)N1CCn2c(nc(-c3ccc(F)cc3)c2Nc2ccc(Cl)c(F)c2)C1. The van der Waals surface area contributed by atoms with Crippen LogP contribution in [0, 0.1) is 11.6 Å². The van der Waals surface area contributed by atoms with Gasteiger partial charge in [0.05, 0.1) is 11.6 Å². The van der Waals surface area contributed by atoms with E-state index in [1.165, 1.54) is 24.3 Å². The summed E-state index contributed by atoms with van der Waals surface area (Å²) in [5, 5.41) is 3.24. The molecule has 0 bridgehead atoms. The Morgan fingerprint density at radius 3 is 2.62 bits per heavy atom. The quantitative estimate of drug-likeness (QED) is 0.621. The van der Waals surface area contributed by atoms with Crippen LogP contribution in [-0.2, 0) is 17.9 Å². The van der Waals surface area contributed by atoms with Crippen molar-refractivity contribution in [2.45, 2.75) is 19.3 Å². The first-order valence-electron chi connectivity index (χ1n) is 8.98. The lowest BCUT2D eigenvalue weighted by atomic mass is 10.1. The molecule has 1 unspecified atom stereocenters. The van der Waals surface area contributed by atoms with Gasteiger partial charge in [-0.25, -0.2) is 13.8 Å². The maximum atomic E-state index is 13.9. The number of rotatable bonds is 5. The van der Waals surface area contributed by atoms with Crippen molar-refractivity contribution in [3.05, 3.63) is 64.9 Å². The van der Waals surface area contributed by atoms with E-state index < -0.39 is 12.0 Å². The number of anilines is 2. The highest BCUT2D eigenvalue weighted by Gasteiger charge is 2.27. The third-order valence-corrected chi connectivity index (χ3v) is 5.17. The molecule has 9 heteroatoms. The van der Waals surface area contributed by atoms with E-state index in [0.29, 0.717) is 54.5 Å². The summed E-state index contributed by atoms with van der Waals surface area (Å²) < 4.78 is 29.3. The van der Waals surface area contributed by atoms with Crippen LogP contribution in [0.2, 0.25) is 5.02 Å². The van der Waals surface area contributed by atoms with Gasteiger partial charge >= 0.3 is 0 Å². The second-order valence-electron chi connectivity index (χ2n) is 6.73. The molecule has 1 atom stereocenters. The molecule has 2 heterocycles. The minimum Gasteiger partial charge on any atom is -0.340 e. The first kappa shape index (κ1) is 19.5. The van der Waals surface area contributed by atoms with Crippen molar-refractivity contribution in [3.8, 4) is 11.3 Å². The van der Waals surface area contributed by atoms with Crippen molar-refractivity contribution in [1.29, 1.82) is 0 Å². The van der Waals surface area contributed by atoms with Crippen LogP contribution in [-0.4, -0.2) is 33.4 Å². The van der Waals surface area contributed by atoms with Crippen molar-refractivity contribution in [1.82, 2.24) is 14.5 Å². The summed E-state index contributed by atoms with van der Waals surface area (Å²) in [6.45, 7) is 1.46. The molecule has 3 N–H and O–H groups in total. The van der Waals surface area contributed by atoms with Gasteiger partial charge in [-0.3, -0.25) is 4.90 Å². The highest BCUT2D eigenvalue weighted by molar-refractivity contribution is 6.30. The van der Waals surface area contributed by atoms with Gasteiger partial charge in [-0.2, -0.15) is 0 Å². The Kier molecular flexibility index (Phi) is 5.31. The van der Waals surface area contributed by atoms with Crippen molar-refractivity contribution in [3.63, 3.8) is 0 Å². The molecule has 4 rings (SSSR count). The second kappa shape index (κ2) is 7.90. The van der Waals surface area contributed by atoms with E-state index in [4.69, 9.17) is 22.3 Å². The Balaban J connectivity index is 1.77. The zero-order chi connectivity index (χ0) is 20.5. The summed E-state index contributed by atoms with van der Waals surface area (Å²) >= 11 is 5.78. The van der Waals surface area contributed by atoms with E-state index in [2.05, 4.69) is 5.32 Å². The van der Waals surface area contributed by atoms with Gasteiger partial charge in [0.2, 0.25) is 0 Å². The van der Waals surface area contributed by atoms with Crippen molar-refractivity contribution < 1.29 is 13.6 Å². The Hall–Kier alpha value is -2.81. The number of carbonyl (C=O) groups excluding carboxylic acids is 1. The molecular formula is C20H18ClF2N5O. The van der Waals surface area contributed by atoms with Crippen LogP contribution in [0.1, 0.15) is 5.82 Å². The van der Waals surface area contributed by atoms with Gasteiger partial charge in [0.25, 0.3) is 0 Å². The minimum atomic E-state index is -0.712. The molecule has 1 aliphatic rings. The summed E-state index contributed by atoms with van der Waals surface area (Å²) in [4.78, 5) is 17.6. The largest absolute Gasteiger partial charge is 0.340 e. The number of benzene rings is 2. The lowest BCUT2D eigenvalue weighted by Crippen LogP contribution is -2.47. The van der Waals surface area contributed by atoms with Crippen LogP contribution < -0.4 is 11.1 Å².